The summed E-state index contributed by atoms with van der Waals surface area (Å²) in [6, 6.07) is 1.49. The summed E-state index contributed by atoms with van der Waals surface area (Å²) in [5.74, 6) is -0.102. The van der Waals surface area contributed by atoms with Crippen LogP contribution >= 0.6 is 0 Å². The van der Waals surface area contributed by atoms with Gasteiger partial charge in [0, 0.05) is 32.4 Å². The summed E-state index contributed by atoms with van der Waals surface area (Å²) in [5, 5.41) is 0. The number of carbonyl (C=O) groups is 1. The number of rotatable bonds is 3. The molecule has 0 aromatic carbocycles. The monoisotopic (exact) mass is 325 g/mol. The van der Waals surface area contributed by atoms with Gasteiger partial charge in [0.15, 0.2) is 0 Å². The average Bonchev–Trinajstić information content (AvgIpc) is 3.13. The van der Waals surface area contributed by atoms with Crippen LogP contribution < -0.4 is 0 Å². The van der Waals surface area contributed by atoms with E-state index in [-0.39, 0.29) is 10.8 Å². The molecule has 3 rings (SSSR count). The van der Waals surface area contributed by atoms with E-state index >= 15 is 0 Å². The number of hydrogen-bond acceptors (Lipinski definition) is 3. The second-order valence-corrected chi connectivity index (χ2v) is 8.00. The molecule has 1 aromatic rings. The molecule has 2 saturated heterocycles. The molecule has 3 heterocycles. The standard InChI is InChI=1S/C15H23N3O3S/c19-15(17-7-5-6-8-17)14-11-13(12-16-14)22(20,21)18-9-3-1-2-4-10-18/h11-12,16H,1-10H2. The number of sulfonamides is 1. The van der Waals surface area contributed by atoms with Crippen molar-refractivity contribution in [1.29, 1.82) is 0 Å². The molecular formula is C15H23N3O3S. The number of nitrogens with one attached hydrogen (secondary N) is 1. The lowest BCUT2D eigenvalue weighted by molar-refractivity contribution is 0.0787. The minimum atomic E-state index is -3.49. The lowest BCUT2D eigenvalue weighted by Crippen LogP contribution is -2.31. The highest BCUT2D eigenvalue weighted by Crippen LogP contribution is 2.22. The Balaban J connectivity index is 1.78. The summed E-state index contributed by atoms with van der Waals surface area (Å²) in [7, 11) is -3.49. The number of nitrogens with zero attached hydrogens (tertiary/aromatic N) is 2. The van der Waals surface area contributed by atoms with Crippen LogP contribution in [0.15, 0.2) is 17.2 Å². The number of hydrogen-bond donors (Lipinski definition) is 1. The Labute approximate surface area is 131 Å². The lowest BCUT2D eigenvalue weighted by atomic mass is 10.2. The first-order chi connectivity index (χ1) is 10.6. The van der Waals surface area contributed by atoms with Crippen LogP contribution in [0.4, 0.5) is 0 Å². The zero-order chi connectivity index (χ0) is 15.6. The summed E-state index contributed by atoms with van der Waals surface area (Å²) in [6.07, 6.45) is 7.46. The Bertz CT molecular complexity index is 624. The van der Waals surface area contributed by atoms with Crippen molar-refractivity contribution in [3.63, 3.8) is 0 Å². The van der Waals surface area contributed by atoms with Gasteiger partial charge in [-0.15, -0.1) is 0 Å². The van der Waals surface area contributed by atoms with Gasteiger partial charge in [-0.3, -0.25) is 4.79 Å². The molecular weight excluding hydrogens is 302 g/mol. The Hall–Kier alpha value is -1.34. The zero-order valence-corrected chi connectivity index (χ0v) is 13.6. The summed E-state index contributed by atoms with van der Waals surface area (Å²) in [4.78, 5) is 17.1. The summed E-state index contributed by atoms with van der Waals surface area (Å²) in [5.41, 5.74) is 0.371. The van der Waals surface area contributed by atoms with Crippen LogP contribution in [-0.4, -0.2) is 54.7 Å². The van der Waals surface area contributed by atoms with E-state index in [0.29, 0.717) is 18.8 Å². The van der Waals surface area contributed by atoms with Gasteiger partial charge < -0.3 is 9.88 Å². The van der Waals surface area contributed by atoms with Crippen LogP contribution in [0.25, 0.3) is 0 Å². The fourth-order valence-electron chi connectivity index (χ4n) is 3.17. The fourth-order valence-corrected chi connectivity index (χ4v) is 4.68. The van der Waals surface area contributed by atoms with Crippen molar-refractivity contribution in [2.75, 3.05) is 26.2 Å². The maximum absolute atomic E-state index is 12.7. The maximum Gasteiger partial charge on any atom is 0.270 e. The van der Waals surface area contributed by atoms with Gasteiger partial charge in [0.1, 0.15) is 10.6 Å². The smallest absolute Gasteiger partial charge is 0.270 e. The molecule has 2 aliphatic heterocycles. The summed E-state index contributed by atoms with van der Waals surface area (Å²) < 4.78 is 26.9. The maximum atomic E-state index is 12.7. The van der Waals surface area contributed by atoms with Crippen molar-refractivity contribution in [2.24, 2.45) is 0 Å². The third-order valence-corrected chi connectivity index (χ3v) is 6.36. The van der Waals surface area contributed by atoms with E-state index < -0.39 is 10.0 Å². The number of aromatic amines is 1. The summed E-state index contributed by atoms with van der Waals surface area (Å²) in [6.45, 7) is 2.66. The van der Waals surface area contributed by atoms with Gasteiger partial charge in [0.2, 0.25) is 10.0 Å². The topological polar surface area (TPSA) is 73.5 Å². The van der Waals surface area contributed by atoms with Crippen LogP contribution in [0, 0.1) is 0 Å². The van der Waals surface area contributed by atoms with Gasteiger partial charge in [0.05, 0.1) is 0 Å². The van der Waals surface area contributed by atoms with E-state index in [4.69, 9.17) is 0 Å². The van der Waals surface area contributed by atoms with Crippen LogP contribution in [0.3, 0.4) is 0 Å². The van der Waals surface area contributed by atoms with Gasteiger partial charge in [-0.05, 0) is 31.7 Å². The second kappa shape index (κ2) is 6.42. The molecule has 0 unspecified atom stereocenters. The van der Waals surface area contributed by atoms with E-state index in [9.17, 15) is 13.2 Å². The number of likely N-dealkylation sites (tertiary alicyclic amines) is 1. The second-order valence-electron chi connectivity index (χ2n) is 6.07. The first-order valence-corrected chi connectivity index (χ1v) is 9.51. The lowest BCUT2D eigenvalue weighted by Gasteiger charge is -2.18. The molecule has 1 amide bonds. The third-order valence-electron chi connectivity index (χ3n) is 4.48. The van der Waals surface area contributed by atoms with Crippen LogP contribution in [0.1, 0.15) is 49.0 Å². The number of H-pyrrole nitrogens is 1. The Kier molecular flexibility index (Phi) is 4.54. The van der Waals surface area contributed by atoms with Crippen molar-refractivity contribution in [2.45, 2.75) is 43.4 Å². The van der Waals surface area contributed by atoms with Gasteiger partial charge in [-0.25, -0.2) is 8.42 Å². The molecule has 6 nitrogen and oxygen atoms in total. The van der Waals surface area contributed by atoms with Crippen molar-refractivity contribution in [1.82, 2.24) is 14.2 Å². The first-order valence-electron chi connectivity index (χ1n) is 8.07. The van der Waals surface area contributed by atoms with Crippen LogP contribution in [0.5, 0.6) is 0 Å². The van der Waals surface area contributed by atoms with E-state index in [1.165, 1.54) is 12.3 Å². The van der Waals surface area contributed by atoms with Crippen molar-refractivity contribution in [3.05, 3.63) is 18.0 Å². The molecule has 22 heavy (non-hydrogen) atoms. The van der Waals surface area contributed by atoms with Crippen LogP contribution in [0.2, 0.25) is 0 Å². The molecule has 122 valence electrons. The molecule has 7 heteroatoms. The van der Waals surface area contributed by atoms with Crippen molar-refractivity contribution >= 4 is 15.9 Å². The highest BCUT2D eigenvalue weighted by Gasteiger charge is 2.28. The Morgan fingerprint density at radius 1 is 0.955 bits per heavy atom. The molecule has 0 bridgehead atoms. The quantitative estimate of drug-likeness (QED) is 0.921. The molecule has 0 spiro atoms. The number of aromatic nitrogens is 1. The van der Waals surface area contributed by atoms with E-state index in [1.54, 1.807) is 9.21 Å². The predicted octanol–water partition coefficient (Wildman–Crippen LogP) is 1.82. The Morgan fingerprint density at radius 2 is 1.55 bits per heavy atom. The largest absolute Gasteiger partial charge is 0.356 e. The normalized spacial score (nSPS) is 21.0. The highest BCUT2D eigenvalue weighted by molar-refractivity contribution is 7.89. The molecule has 0 atom stereocenters. The fraction of sp³-hybridized carbons (Fsp3) is 0.667. The molecule has 1 aromatic heterocycles. The van der Waals surface area contributed by atoms with Gasteiger partial charge in [0.25, 0.3) is 5.91 Å². The number of carbonyl (C=O) groups excluding carboxylic acids is 1. The number of amides is 1. The van der Waals surface area contributed by atoms with Crippen molar-refractivity contribution < 1.29 is 13.2 Å². The molecule has 0 aliphatic carbocycles. The van der Waals surface area contributed by atoms with E-state index in [2.05, 4.69) is 4.98 Å². The SMILES string of the molecule is O=C(c1cc(S(=O)(=O)N2CCCCCC2)c[nH]1)N1CCCC1. The third kappa shape index (κ3) is 3.05. The van der Waals surface area contributed by atoms with Crippen LogP contribution in [-0.2, 0) is 10.0 Å². The molecule has 0 radical (unpaired) electrons. The highest BCUT2D eigenvalue weighted by atomic mass is 32.2. The van der Waals surface area contributed by atoms with Gasteiger partial charge in [-0.2, -0.15) is 4.31 Å². The summed E-state index contributed by atoms with van der Waals surface area (Å²) >= 11 is 0. The van der Waals surface area contributed by atoms with Crippen molar-refractivity contribution in [3.8, 4) is 0 Å². The molecule has 0 saturated carbocycles. The molecule has 1 N–H and O–H groups in total. The molecule has 2 aliphatic rings. The molecule has 2 fully saturated rings. The predicted molar refractivity (Wildman–Crippen MR) is 83.2 cm³/mol. The Morgan fingerprint density at radius 3 is 2.18 bits per heavy atom. The minimum absolute atomic E-state index is 0.102. The first kappa shape index (κ1) is 15.6. The van der Waals surface area contributed by atoms with Gasteiger partial charge in [-0.1, -0.05) is 12.8 Å². The average molecular weight is 325 g/mol. The van der Waals surface area contributed by atoms with E-state index in [1.807, 2.05) is 0 Å². The zero-order valence-electron chi connectivity index (χ0n) is 12.8. The minimum Gasteiger partial charge on any atom is -0.356 e. The van der Waals surface area contributed by atoms with Gasteiger partial charge >= 0.3 is 0 Å². The van der Waals surface area contributed by atoms with E-state index in [0.717, 1.165) is 51.6 Å².